The molecule has 0 amide bonds. The molecule has 0 aliphatic carbocycles. The van der Waals surface area contributed by atoms with E-state index >= 15 is 0 Å². The first kappa shape index (κ1) is 12.8. The van der Waals surface area contributed by atoms with E-state index in [-0.39, 0.29) is 0 Å². The average molecular weight is 281 g/mol. The van der Waals surface area contributed by atoms with E-state index in [4.69, 9.17) is 4.98 Å². The first-order chi connectivity index (χ1) is 10.9. The lowest BCUT2D eigenvalue weighted by Gasteiger charge is -2.05. The van der Waals surface area contributed by atoms with E-state index in [0.717, 1.165) is 16.8 Å². The van der Waals surface area contributed by atoms with Gasteiger partial charge in [0, 0.05) is 10.9 Å². The van der Waals surface area contributed by atoms with Crippen LogP contribution >= 0.6 is 0 Å². The number of hydrogen-bond donors (Lipinski definition) is 0. The summed E-state index contributed by atoms with van der Waals surface area (Å²) in [6.07, 6.45) is 0. The Morgan fingerprint density at radius 1 is 0.455 bits per heavy atom. The van der Waals surface area contributed by atoms with Gasteiger partial charge in [-0.2, -0.15) is 0 Å². The van der Waals surface area contributed by atoms with Crippen molar-refractivity contribution in [1.82, 2.24) is 4.98 Å². The van der Waals surface area contributed by atoms with E-state index in [1.54, 1.807) is 0 Å². The van der Waals surface area contributed by atoms with Crippen molar-refractivity contribution in [2.45, 2.75) is 0 Å². The second-order valence-electron chi connectivity index (χ2n) is 5.33. The summed E-state index contributed by atoms with van der Waals surface area (Å²) in [6.45, 7) is 0. The average Bonchev–Trinajstić information content (AvgIpc) is 2.62. The molecule has 4 rings (SSSR count). The summed E-state index contributed by atoms with van der Waals surface area (Å²) >= 11 is 0. The minimum Gasteiger partial charge on any atom is -0.248 e. The molecule has 1 aromatic heterocycles. The third-order valence-corrected chi connectivity index (χ3v) is 3.89. The molecule has 0 bridgehead atoms. The highest BCUT2D eigenvalue weighted by Crippen LogP contribution is 2.25. The van der Waals surface area contributed by atoms with Gasteiger partial charge in [-0.15, -0.1) is 0 Å². The van der Waals surface area contributed by atoms with Crippen molar-refractivity contribution in [2.24, 2.45) is 0 Å². The molecule has 104 valence electrons. The smallest absolute Gasteiger partial charge is 0.0709 e. The molecule has 1 heteroatoms. The zero-order valence-corrected chi connectivity index (χ0v) is 12.1. The number of para-hydroxylation sites is 1. The van der Waals surface area contributed by atoms with Gasteiger partial charge < -0.3 is 0 Å². The quantitative estimate of drug-likeness (QED) is 0.468. The van der Waals surface area contributed by atoms with Crippen molar-refractivity contribution < 1.29 is 0 Å². The monoisotopic (exact) mass is 281 g/mol. The molecule has 0 aliphatic heterocycles. The number of fused-ring (bicyclic) bond motifs is 1. The Morgan fingerprint density at radius 3 is 1.91 bits per heavy atom. The van der Waals surface area contributed by atoms with Crippen molar-refractivity contribution in [3.05, 3.63) is 91.0 Å². The van der Waals surface area contributed by atoms with Crippen LogP contribution in [0.5, 0.6) is 0 Å². The molecular weight excluding hydrogens is 266 g/mol. The zero-order chi connectivity index (χ0) is 14.8. The largest absolute Gasteiger partial charge is 0.248 e. The van der Waals surface area contributed by atoms with Crippen molar-refractivity contribution in [3.63, 3.8) is 0 Å². The summed E-state index contributed by atoms with van der Waals surface area (Å²) in [4.78, 5) is 4.75. The molecule has 0 saturated heterocycles. The molecule has 1 nitrogen and oxygen atoms in total. The Morgan fingerprint density at radius 2 is 1.09 bits per heavy atom. The Kier molecular flexibility index (Phi) is 3.17. The predicted molar refractivity (Wildman–Crippen MR) is 92.6 cm³/mol. The Balaban J connectivity index is 1.73. The normalized spacial score (nSPS) is 10.7. The van der Waals surface area contributed by atoms with Gasteiger partial charge in [-0.25, -0.2) is 4.98 Å². The standard InChI is InChI=1S/C21H15N/c1-2-6-16(7-3-1)17-10-12-19(13-11-17)21-15-14-18-8-4-5-9-20(18)22-21/h1-15H. The van der Waals surface area contributed by atoms with Crippen molar-refractivity contribution >= 4 is 10.9 Å². The van der Waals surface area contributed by atoms with Crippen LogP contribution < -0.4 is 0 Å². The van der Waals surface area contributed by atoms with Crippen LogP contribution in [0.3, 0.4) is 0 Å². The first-order valence-corrected chi connectivity index (χ1v) is 7.42. The third kappa shape index (κ3) is 2.38. The highest BCUT2D eigenvalue weighted by Gasteiger charge is 2.02. The van der Waals surface area contributed by atoms with E-state index in [9.17, 15) is 0 Å². The fourth-order valence-corrected chi connectivity index (χ4v) is 2.69. The lowest BCUT2D eigenvalue weighted by Crippen LogP contribution is -1.85. The van der Waals surface area contributed by atoms with Crippen molar-refractivity contribution in [3.8, 4) is 22.4 Å². The molecule has 22 heavy (non-hydrogen) atoms. The second-order valence-corrected chi connectivity index (χ2v) is 5.33. The van der Waals surface area contributed by atoms with Gasteiger partial charge in [0.1, 0.15) is 0 Å². The molecule has 4 aromatic rings. The van der Waals surface area contributed by atoms with Gasteiger partial charge in [-0.05, 0) is 23.3 Å². The van der Waals surface area contributed by atoms with Gasteiger partial charge in [0.2, 0.25) is 0 Å². The van der Waals surface area contributed by atoms with E-state index in [2.05, 4.69) is 72.8 Å². The van der Waals surface area contributed by atoms with Gasteiger partial charge in [0.15, 0.2) is 0 Å². The molecule has 0 atom stereocenters. The molecule has 0 spiro atoms. The lowest BCUT2D eigenvalue weighted by molar-refractivity contribution is 1.40. The number of pyridine rings is 1. The van der Waals surface area contributed by atoms with Crippen LogP contribution in [0.25, 0.3) is 33.3 Å². The van der Waals surface area contributed by atoms with E-state index in [1.807, 2.05) is 18.2 Å². The number of rotatable bonds is 2. The highest BCUT2D eigenvalue weighted by molar-refractivity contribution is 5.81. The predicted octanol–water partition coefficient (Wildman–Crippen LogP) is 5.57. The maximum atomic E-state index is 4.75. The fourth-order valence-electron chi connectivity index (χ4n) is 2.69. The fraction of sp³-hybridized carbons (Fsp3) is 0. The van der Waals surface area contributed by atoms with Gasteiger partial charge >= 0.3 is 0 Å². The minimum atomic E-state index is 1.01. The van der Waals surface area contributed by atoms with Crippen LogP contribution in [0.1, 0.15) is 0 Å². The Hall–Kier alpha value is -2.93. The van der Waals surface area contributed by atoms with Gasteiger partial charge in [0.25, 0.3) is 0 Å². The van der Waals surface area contributed by atoms with Crippen LogP contribution in [-0.2, 0) is 0 Å². The summed E-state index contributed by atoms with van der Waals surface area (Å²) in [5.41, 5.74) is 5.65. The Bertz CT molecular complexity index is 909. The van der Waals surface area contributed by atoms with Crippen LogP contribution in [0, 0.1) is 0 Å². The van der Waals surface area contributed by atoms with Gasteiger partial charge in [-0.1, -0.05) is 78.9 Å². The van der Waals surface area contributed by atoms with Gasteiger partial charge in [0.05, 0.1) is 11.2 Å². The second kappa shape index (κ2) is 5.45. The summed E-state index contributed by atoms with van der Waals surface area (Å²) in [5.74, 6) is 0. The van der Waals surface area contributed by atoms with Crippen LogP contribution in [-0.4, -0.2) is 4.98 Å². The van der Waals surface area contributed by atoms with Gasteiger partial charge in [-0.3, -0.25) is 0 Å². The molecule has 1 heterocycles. The molecule has 0 saturated carbocycles. The molecule has 0 N–H and O–H groups in total. The summed E-state index contributed by atoms with van der Waals surface area (Å²) in [5, 5.41) is 1.17. The molecule has 0 radical (unpaired) electrons. The number of benzene rings is 3. The van der Waals surface area contributed by atoms with Crippen LogP contribution in [0.4, 0.5) is 0 Å². The molecule has 3 aromatic carbocycles. The van der Waals surface area contributed by atoms with E-state index in [0.29, 0.717) is 0 Å². The summed E-state index contributed by atoms with van der Waals surface area (Å²) in [7, 11) is 0. The molecule has 0 fully saturated rings. The lowest BCUT2D eigenvalue weighted by atomic mass is 10.0. The van der Waals surface area contributed by atoms with Crippen molar-refractivity contribution in [2.75, 3.05) is 0 Å². The first-order valence-electron chi connectivity index (χ1n) is 7.42. The third-order valence-electron chi connectivity index (χ3n) is 3.89. The highest BCUT2D eigenvalue weighted by atomic mass is 14.7. The van der Waals surface area contributed by atoms with Crippen LogP contribution in [0.2, 0.25) is 0 Å². The van der Waals surface area contributed by atoms with E-state index in [1.165, 1.54) is 16.5 Å². The van der Waals surface area contributed by atoms with Crippen molar-refractivity contribution in [1.29, 1.82) is 0 Å². The number of nitrogens with zero attached hydrogens (tertiary/aromatic N) is 1. The molecule has 0 aliphatic rings. The summed E-state index contributed by atoms with van der Waals surface area (Å²) < 4.78 is 0. The topological polar surface area (TPSA) is 12.9 Å². The maximum Gasteiger partial charge on any atom is 0.0709 e. The number of aromatic nitrogens is 1. The zero-order valence-electron chi connectivity index (χ0n) is 12.1. The summed E-state index contributed by atoms with van der Waals surface area (Å²) in [6, 6.07) is 31.4. The van der Waals surface area contributed by atoms with Crippen LogP contribution in [0.15, 0.2) is 91.0 Å². The molecule has 0 unspecified atom stereocenters. The number of hydrogen-bond acceptors (Lipinski definition) is 1. The maximum absolute atomic E-state index is 4.75. The Labute approximate surface area is 129 Å². The SMILES string of the molecule is c1ccc(-c2ccc(-c3ccc4ccccc4n3)cc2)cc1. The molecular formula is C21H15N. The van der Waals surface area contributed by atoms with E-state index < -0.39 is 0 Å². The minimum absolute atomic E-state index is 1.01.